The Hall–Kier alpha value is -7.94. The molecule has 2 nitrogen and oxygen atoms in total. The zero-order valence-electron chi connectivity index (χ0n) is 32.7. The molecule has 12 aromatic rings. The number of para-hydroxylation sites is 1. The van der Waals surface area contributed by atoms with Gasteiger partial charge in [-0.25, -0.2) is 0 Å². The lowest BCUT2D eigenvalue weighted by atomic mass is 9.96. The van der Waals surface area contributed by atoms with E-state index in [4.69, 9.17) is 4.42 Å². The fourth-order valence-electron chi connectivity index (χ4n) is 9.20. The Labute approximate surface area is 347 Å². The number of fused-ring (bicyclic) bond motifs is 9. The second-order valence-electron chi connectivity index (χ2n) is 15.7. The van der Waals surface area contributed by atoms with Crippen LogP contribution < -0.4 is 4.90 Å². The van der Waals surface area contributed by atoms with Gasteiger partial charge in [0, 0.05) is 16.8 Å². The van der Waals surface area contributed by atoms with Crippen LogP contribution in [0.3, 0.4) is 0 Å². The van der Waals surface area contributed by atoms with Gasteiger partial charge in [-0.1, -0.05) is 170 Å². The van der Waals surface area contributed by atoms with Crippen LogP contribution in [-0.2, 0) is 0 Å². The first-order valence-corrected chi connectivity index (χ1v) is 20.6. The van der Waals surface area contributed by atoms with Gasteiger partial charge in [0.05, 0.1) is 11.1 Å². The molecule has 0 aliphatic rings. The summed E-state index contributed by atoms with van der Waals surface area (Å²) < 4.78 is 6.39. The predicted octanol–water partition coefficient (Wildman–Crippen LogP) is 16.7. The lowest BCUT2D eigenvalue weighted by Crippen LogP contribution is -2.10. The Morgan fingerprint density at radius 1 is 0.267 bits per heavy atom. The fourth-order valence-corrected chi connectivity index (χ4v) is 9.20. The Morgan fingerprint density at radius 3 is 1.37 bits per heavy atom. The Morgan fingerprint density at radius 2 is 0.700 bits per heavy atom. The van der Waals surface area contributed by atoms with E-state index in [2.05, 4.69) is 217 Å². The Kier molecular flexibility index (Phi) is 7.89. The summed E-state index contributed by atoms with van der Waals surface area (Å²) in [5.41, 5.74) is 12.1. The van der Waals surface area contributed by atoms with Crippen molar-refractivity contribution in [2.75, 3.05) is 4.90 Å². The molecule has 2 heteroatoms. The van der Waals surface area contributed by atoms with Gasteiger partial charge in [0.1, 0.15) is 11.2 Å². The van der Waals surface area contributed by atoms with Gasteiger partial charge in [0.2, 0.25) is 0 Å². The number of furan rings is 1. The highest BCUT2D eigenvalue weighted by molar-refractivity contribution is 6.14. The maximum absolute atomic E-state index is 6.39. The van der Waals surface area contributed by atoms with Gasteiger partial charge >= 0.3 is 0 Å². The van der Waals surface area contributed by atoms with Crippen molar-refractivity contribution in [3.8, 4) is 33.4 Å². The minimum atomic E-state index is 0.871. The van der Waals surface area contributed by atoms with Crippen LogP contribution in [0.25, 0.3) is 98.4 Å². The van der Waals surface area contributed by atoms with Crippen molar-refractivity contribution in [3.63, 3.8) is 0 Å². The van der Waals surface area contributed by atoms with Gasteiger partial charge in [-0.2, -0.15) is 0 Å². The molecule has 60 heavy (non-hydrogen) atoms. The zero-order valence-corrected chi connectivity index (χ0v) is 32.7. The molecule has 12 rings (SSSR count). The van der Waals surface area contributed by atoms with Gasteiger partial charge in [0.25, 0.3) is 0 Å². The van der Waals surface area contributed by atoms with Crippen LogP contribution in [0.4, 0.5) is 17.1 Å². The van der Waals surface area contributed by atoms with Gasteiger partial charge in [0.15, 0.2) is 0 Å². The highest BCUT2D eigenvalue weighted by atomic mass is 16.3. The maximum atomic E-state index is 6.39. The summed E-state index contributed by atoms with van der Waals surface area (Å²) in [5.74, 6) is 0. The number of hydrogen-bond acceptors (Lipinski definition) is 2. The lowest BCUT2D eigenvalue weighted by Gasteiger charge is -2.26. The molecule has 0 aliphatic carbocycles. The summed E-state index contributed by atoms with van der Waals surface area (Å²) in [6, 6.07) is 81.3. The highest BCUT2D eigenvalue weighted by Gasteiger charge is 2.20. The zero-order chi connectivity index (χ0) is 39.6. The third-order valence-electron chi connectivity index (χ3n) is 12.2. The van der Waals surface area contributed by atoms with Crippen molar-refractivity contribution in [3.05, 3.63) is 224 Å². The predicted molar refractivity (Wildman–Crippen MR) is 255 cm³/mol. The number of benzene rings is 11. The van der Waals surface area contributed by atoms with E-state index in [1.807, 2.05) is 12.1 Å². The summed E-state index contributed by atoms with van der Waals surface area (Å²) in [4.78, 5) is 2.36. The quantitative estimate of drug-likeness (QED) is 0.157. The van der Waals surface area contributed by atoms with Gasteiger partial charge in [-0.15, -0.1) is 0 Å². The van der Waals surface area contributed by atoms with Crippen LogP contribution in [0.1, 0.15) is 0 Å². The van der Waals surface area contributed by atoms with Crippen LogP contribution >= 0.6 is 0 Å². The average molecular weight is 764 g/mol. The molecule has 0 unspecified atom stereocenters. The largest absolute Gasteiger partial charge is 0.456 e. The molecule has 1 aromatic heterocycles. The van der Waals surface area contributed by atoms with E-state index in [-0.39, 0.29) is 0 Å². The normalized spacial score (nSPS) is 11.7. The molecule has 0 spiro atoms. The summed E-state index contributed by atoms with van der Waals surface area (Å²) in [5, 5.41) is 12.4. The van der Waals surface area contributed by atoms with E-state index in [1.54, 1.807) is 0 Å². The van der Waals surface area contributed by atoms with E-state index in [9.17, 15) is 0 Å². The van der Waals surface area contributed by atoms with Gasteiger partial charge in [-0.3, -0.25) is 0 Å². The molecular weight excluding hydrogens is 727 g/mol. The lowest BCUT2D eigenvalue weighted by molar-refractivity contribution is 0.669. The molecule has 0 N–H and O–H groups in total. The minimum Gasteiger partial charge on any atom is -0.456 e. The van der Waals surface area contributed by atoms with Crippen LogP contribution in [0.15, 0.2) is 229 Å². The first-order chi connectivity index (χ1) is 29.7. The smallest absolute Gasteiger partial charge is 0.137 e. The molecule has 0 atom stereocenters. The SMILES string of the molecule is c1ccc2c(c1)ccc1cc(-c3ccc(-c4ccc(N(c5ccc(-c6ccc7ccc8ccccc8c7c6)cc5)c5cccc6oc7ccccc7c56)cc4)cc3)ccc12. The number of anilines is 3. The molecule has 280 valence electrons. The molecule has 1 heterocycles. The average Bonchev–Trinajstić information content (AvgIpc) is 3.71. The highest BCUT2D eigenvalue weighted by Crippen LogP contribution is 2.44. The molecular formula is C58H37NO. The molecule has 0 saturated carbocycles. The van der Waals surface area contributed by atoms with Crippen molar-refractivity contribution >= 4 is 82.1 Å². The summed E-state index contributed by atoms with van der Waals surface area (Å²) >= 11 is 0. The molecule has 0 radical (unpaired) electrons. The van der Waals surface area contributed by atoms with E-state index in [0.29, 0.717) is 0 Å². The third kappa shape index (κ3) is 5.73. The Bertz CT molecular complexity index is 3580. The van der Waals surface area contributed by atoms with E-state index in [0.717, 1.165) is 39.0 Å². The van der Waals surface area contributed by atoms with Crippen LogP contribution in [0.2, 0.25) is 0 Å². The second kappa shape index (κ2) is 13.9. The third-order valence-corrected chi connectivity index (χ3v) is 12.2. The molecule has 11 aromatic carbocycles. The summed E-state index contributed by atoms with van der Waals surface area (Å²) in [6.07, 6.45) is 0. The molecule has 0 saturated heterocycles. The molecule has 0 fully saturated rings. The number of nitrogens with zero attached hydrogens (tertiary/aromatic N) is 1. The molecule has 0 aliphatic heterocycles. The van der Waals surface area contributed by atoms with Crippen molar-refractivity contribution in [1.82, 2.24) is 0 Å². The summed E-state index contributed by atoms with van der Waals surface area (Å²) in [6.45, 7) is 0. The minimum absolute atomic E-state index is 0.871. The van der Waals surface area contributed by atoms with Crippen LogP contribution in [0, 0.1) is 0 Å². The Balaban J connectivity index is 0.908. The van der Waals surface area contributed by atoms with E-state index >= 15 is 0 Å². The van der Waals surface area contributed by atoms with Crippen LogP contribution in [-0.4, -0.2) is 0 Å². The molecule has 0 amide bonds. The van der Waals surface area contributed by atoms with Crippen molar-refractivity contribution in [2.24, 2.45) is 0 Å². The van der Waals surface area contributed by atoms with Crippen molar-refractivity contribution in [1.29, 1.82) is 0 Å². The fraction of sp³-hybridized carbons (Fsp3) is 0. The monoisotopic (exact) mass is 763 g/mol. The number of rotatable bonds is 6. The summed E-state index contributed by atoms with van der Waals surface area (Å²) in [7, 11) is 0. The van der Waals surface area contributed by atoms with Crippen molar-refractivity contribution < 1.29 is 4.42 Å². The van der Waals surface area contributed by atoms with Crippen LogP contribution in [0.5, 0.6) is 0 Å². The number of hydrogen-bond donors (Lipinski definition) is 0. The van der Waals surface area contributed by atoms with Gasteiger partial charge < -0.3 is 9.32 Å². The standard InChI is InChI=1S/C58H37NO/c1-3-10-50-42(8-1)23-25-47-36-45(30-35-52(47)50)40-18-16-38(17-19-40)39-26-31-48(32-27-39)59(55-13-7-15-57-58(55)53-12-5-6-14-56(53)60-57)49-33-28-41(29-34-49)46-24-22-44-21-20-43-9-2-4-11-51(43)54(44)37-46/h1-37H. The van der Waals surface area contributed by atoms with E-state index in [1.165, 1.54) is 76.5 Å². The van der Waals surface area contributed by atoms with Gasteiger partial charge in [-0.05, 0) is 131 Å². The second-order valence-corrected chi connectivity index (χ2v) is 15.7. The first kappa shape index (κ1) is 34.1. The first-order valence-electron chi connectivity index (χ1n) is 20.6. The topological polar surface area (TPSA) is 16.4 Å². The molecule has 0 bridgehead atoms. The van der Waals surface area contributed by atoms with E-state index < -0.39 is 0 Å². The van der Waals surface area contributed by atoms with Crippen molar-refractivity contribution in [2.45, 2.75) is 0 Å². The maximum Gasteiger partial charge on any atom is 0.137 e.